The van der Waals surface area contributed by atoms with Crippen molar-refractivity contribution in [1.82, 2.24) is 30.2 Å². The number of likely N-dealkylation sites (tertiary alicyclic amines) is 1. The number of carbonyl (C=O) groups excluding carboxylic acids is 2. The first-order valence-electron chi connectivity index (χ1n) is 12.7. The number of aromatic nitrogens is 4. The Labute approximate surface area is 224 Å². The smallest absolute Gasteiger partial charge is 0.415 e. The molecule has 1 unspecified atom stereocenters. The highest BCUT2D eigenvalue weighted by Crippen LogP contribution is 2.30. The van der Waals surface area contributed by atoms with Crippen LogP contribution in [0.15, 0.2) is 43.0 Å². The quantitative estimate of drug-likeness (QED) is 0.387. The first-order chi connectivity index (χ1) is 19.0. The van der Waals surface area contributed by atoms with Gasteiger partial charge in [-0.1, -0.05) is 0 Å². The van der Waals surface area contributed by atoms with Crippen LogP contribution in [0, 0.1) is 0 Å². The number of hydrogen-bond acceptors (Lipinski definition) is 11. The fraction of sp³-hybridized carbons (Fsp3) is 0.385. The van der Waals surface area contributed by atoms with E-state index in [-0.39, 0.29) is 24.7 Å². The van der Waals surface area contributed by atoms with Gasteiger partial charge in [0, 0.05) is 37.6 Å². The van der Waals surface area contributed by atoms with Crippen molar-refractivity contribution < 1.29 is 23.8 Å². The maximum absolute atomic E-state index is 12.5. The average molecular weight is 533 g/mol. The number of carbonyl (C=O) groups is 2. The van der Waals surface area contributed by atoms with Gasteiger partial charge in [-0.15, -0.1) is 0 Å². The topological polar surface area (TPSA) is 144 Å². The molecule has 0 aromatic carbocycles. The summed E-state index contributed by atoms with van der Waals surface area (Å²) in [6.07, 6.45) is 6.91. The van der Waals surface area contributed by atoms with Crippen LogP contribution in [-0.4, -0.2) is 88.9 Å². The summed E-state index contributed by atoms with van der Waals surface area (Å²) in [6, 6.07) is 5.38. The summed E-state index contributed by atoms with van der Waals surface area (Å²) < 4.78 is 16.8. The molecule has 3 aliphatic rings. The molecule has 0 spiro atoms. The summed E-state index contributed by atoms with van der Waals surface area (Å²) in [4.78, 5) is 45.3. The van der Waals surface area contributed by atoms with Gasteiger partial charge in [0.05, 0.1) is 24.6 Å². The average Bonchev–Trinajstić information content (AvgIpc) is 3.30. The molecule has 2 N–H and O–H groups in total. The van der Waals surface area contributed by atoms with E-state index in [1.54, 1.807) is 36.9 Å². The predicted octanol–water partition coefficient (Wildman–Crippen LogP) is 1.46. The van der Waals surface area contributed by atoms with Crippen LogP contribution in [0.5, 0.6) is 11.6 Å². The molecule has 2 fully saturated rings. The highest BCUT2D eigenvalue weighted by molar-refractivity contribution is 5.95. The highest BCUT2D eigenvalue weighted by atomic mass is 16.6. The summed E-state index contributed by atoms with van der Waals surface area (Å²) in [5, 5.41) is 6.04. The normalized spacial score (nSPS) is 19.1. The minimum absolute atomic E-state index is 0.0516. The van der Waals surface area contributed by atoms with E-state index in [1.165, 1.54) is 4.90 Å². The first-order valence-corrected chi connectivity index (χ1v) is 12.7. The number of hydrogen-bond donors (Lipinski definition) is 2. The van der Waals surface area contributed by atoms with Gasteiger partial charge in [-0.2, -0.15) is 0 Å². The number of anilines is 2. The SMILES string of the molecule is CN1CC(Oc2cncc(-c3cncc(CNCCC4CN(c5ccc6c(n5)NC(=O)CO6)C(=O)O4)c3)n2)C1. The van der Waals surface area contributed by atoms with Crippen LogP contribution >= 0.6 is 0 Å². The Morgan fingerprint density at radius 3 is 2.85 bits per heavy atom. The Hall–Kier alpha value is -4.36. The highest BCUT2D eigenvalue weighted by Gasteiger charge is 2.33. The molecule has 13 nitrogen and oxygen atoms in total. The summed E-state index contributed by atoms with van der Waals surface area (Å²) >= 11 is 0. The number of likely N-dealkylation sites (N-methyl/N-ethyl adjacent to an activating group) is 1. The predicted molar refractivity (Wildman–Crippen MR) is 139 cm³/mol. The molecule has 3 aromatic heterocycles. The molecule has 0 radical (unpaired) electrons. The van der Waals surface area contributed by atoms with E-state index in [0.29, 0.717) is 55.0 Å². The molecule has 2 amide bonds. The minimum Gasteiger partial charge on any atom is -0.480 e. The van der Waals surface area contributed by atoms with Gasteiger partial charge in [-0.05, 0) is 43.8 Å². The molecule has 3 aromatic rings. The van der Waals surface area contributed by atoms with Gasteiger partial charge in [0.25, 0.3) is 5.91 Å². The van der Waals surface area contributed by atoms with Gasteiger partial charge >= 0.3 is 6.09 Å². The molecule has 0 saturated carbocycles. The number of amides is 2. The Balaban J connectivity index is 0.996. The third kappa shape index (κ3) is 5.73. The number of cyclic esters (lactones) is 1. The molecular weight excluding hydrogens is 504 g/mol. The lowest BCUT2D eigenvalue weighted by molar-refractivity contribution is -0.118. The second-order valence-electron chi connectivity index (χ2n) is 9.72. The number of ether oxygens (including phenoxy) is 3. The molecule has 13 heteroatoms. The van der Waals surface area contributed by atoms with Gasteiger partial charge in [0.1, 0.15) is 18.0 Å². The minimum atomic E-state index is -0.468. The molecule has 202 valence electrons. The van der Waals surface area contributed by atoms with Crippen LogP contribution in [0.4, 0.5) is 16.4 Å². The molecular formula is C26H28N8O5. The molecule has 6 heterocycles. The fourth-order valence-electron chi connectivity index (χ4n) is 4.61. The molecule has 3 aliphatic heterocycles. The Bertz CT molecular complexity index is 1380. The third-order valence-electron chi connectivity index (χ3n) is 6.60. The number of rotatable bonds is 9. The molecule has 1 atom stereocenters. The van der Waals surface area contributed by atoms with E-state index in [9.17, 15) is 9.59 Å². The van der Waals surface area contributed by atoms with Crippen LogP contribution in [0.2, 0.25) is 0 Å². The molecule has 6 rings (SSSR count). The molecule has 2 saturated heterocycles. The number of fused-ring (bicyclic) bond motifs is 1. The molecule has 0 bridgehead atoms. The summed E-state index contributed by atoms with van der Waals surface area (Å²) in [5.41, 5.74) is 2.56. The van der Waals surface area contributed by atoms with Crippen molar-refractivity contribution in [2.75, 3.05) is 50.1 Å². The van der Waals surface area contributed by atoms with Crippen molar-refractivity contribution in [3.8, 4) is 22.9 Å². The molecule has 0 aliphatic carbocycles. The van der Waals surface area contributed by atoms with Gasteiger partial charge in [0.15, 0.2) is 18.2 Å². The maximum Gasteiger partial charge on any atom is 0.415 e. The van der Waals surface area contributed by atoms with Crippen LogP contribution in [0.3, 0.4) is 0 Å². The Morgan fingerprint density at radius 1 is 1.10 bits per heavy atom. The summed E-state index contributed by atoms with van der Waals surface area (Å²) in [7, 11) is 2.05. The fourth-order valence-corrected chi connectivity index (χ4v) is 4.61. The van der Waals surface area contributed by atoms with Crippen LogP contribution in [0.1, 0.15) is 12.0 Å². The summed E-state index contributed by atoms with van der Waals surface area (Å²) in [5.74, 6) is 1.40. The van der Waals surface area contributed by atoms with Crippen LogP contribution < -0.4 is 25.0 Å². The maximum atomic E-state index is 12.5. The third-order valence-corrected chi connectivity index (χ3v) is 6.60. The van der Waals surface area contributed by atoms with Crippen molar-refractivity contribution in [3.05, 3.63) is 48.5 Å². The number of nitrogens with one attached hydrogen (secondary N) is 2. The lowest BCUT2D eigenvalue weighted by Crippen LogP contribution is -2.51. The van der Waals surface area contributed by atoms with E-state index in [1.807, 2.05) is 6.07 Å². The largest absolute Gasteiger partial charge is 0.480 e. The number of pyridine rings is 2. The van der Waals surface area contributed by atoms with Crippen molar-refractivity contribution in [2.45, 2.75) is 25.2 Å². The monoisotopic (exact) mass is 532 g/mol. The van der Waals surface area contributed by atoms with Crippen molar-refractivity contribution in [2.24, 2.45) is 0 Å². The van der Waals surface area contributed by atoms with Gasteiger partial charge in [-0.25, -0.2) is 14.8 Å². The Kier molecular flexibility index (Phi) is 6.90. The first kappa shape index (κ1) is 24.9. The van der Waals surface area contributed by atoms with Crippen LogP contribution in [0.25, 0.3) is 11.3 Å². The second-order valence-corrected chi connectivity index (χ2v) is 9.72. The standard InChI is InChI=1S/C26H28N8O5/c1-33-12-19(13-33)38-24-11-29-10-20(30-24)17-6-16(8-28-9-17)7-27-5-4-18-14-34(26(36)39-18)22-3-2-21-25(31-22)32-23(35)15-37-21/h2-3,6,8-11,18-19,27H,4-5,7,12-15H2,1H3,(H,31,32,35). The van der Waals surface area contributed by atoms with Crippen LogP contribution in [-0.2, 0) is 16.1 Å². The molecule has 39 heavy (non-hydrogen) atoms. The lowest BCUT2D eigenvalue weighted by atomic mass is 10.1. The van der Waals surface area contributed by atoms with Crippen molar-refractivity contribution >= 4 is 23.6 Å². The van der Waals surface area contributed by atoms with E-state index >= 15 is 0 Å². The van der Waals surface area contributed by atoms with E-state index in [0.717, 1.165) is 24.2 Å². The zero-order valence-electron chi connectivity index (χ0n) is 21.4. The number of nitrogens with zero attached hydrogens (tertiary/aromatic N) is 6. The lowest BCUT2D eigenvalue weighted by Gasteiger charge is -2.35. The van der Waals surface area contributed by atoms with Crippen molar-refractivity contribution in [1.29, 1.82) is 0 Å². The van der Waals surface area contributed by atoms with E-state index in [2.05, 4.69) is 42.5 Å². The van der Waals surface area contributed by atoms with Gasteiger partial charge in [-0.3, -0.25) is 24.6 Å². The van der Waals surface area contributed by atoms with Gasteiger partial charge in [0.2, 0.25) is 5.88 Å². The second kappa shape index (κ2) is 10.8. The zero-order chi connectivity index (χ0) is 26.8. The van der Waals surface area contributed by atoms with Gasteiger partial charge < -0.3 is 24.8 Å². The zero-order valence-corrected chi connectivity index (χ0v) is 21.4. The summed E-state index contributed by atoms with van der Waals surface area (Å²) in [6.45, 7) is 3.31. The van der Waals surface area contributed by atoms with Crippen molar-refractivity contribution in [3.63, 3.8) is 0 Å². The van der Waals surface area contributed by atoms with E-state index < -0.39 is 6.09 Å². The Morgan fingerprint density at radius 2 is 1.97 bits per heavy atom. The van der Waals surface area contributed by atoms with E-state index in [4.69, 9.17) is 14.2 Å².